The van der Waals surface area contributed by atoms with Crippen molar-refractivity contribution in [2.45, 2.75) is 83.6 Å². The first-order valence-electron chi connectivity index (χ1n) is 19.1. The minimum absolute atomic E-state index is 0.01000. The number of imide groups is 1. The van der Waals surface area contributed by atoms with Crippen LogP contribution >= 0.6 is 0 Å². The van der Waals surface area contributed by atoms with E-state index in [1.165, 1.54) is 4.57 Å². The molecule has 13 heteroatoms. The van der Waals surface area contributed by atoms with E-state index in [0.29, 0.717) is 50.6 Å². The molecule has 7 rings (SSSR count). The van der Waals surface area contributed by atoms with E-state index in [4.69, 9.17) is 10.5 Å². The summed E-state index contributed by atoms with van der Waals surface area (Å²) < 4.78 is 9.17. The molecule has 0 saturated carbocycles. The second-order valence-electron chi connectivity index (χ2n) is 16.6. The van der Waals surface area contributed by atoms with E-state index >= 15 is 0 Å². The van der Waals surface area contributed by atoms with Crippen LogP contribution in [0.1, 0.15) is 76.1 Å². The Balaban J connectivity index is 1.05. The highest BCUT2D eigenvalue weighted by atomic mass is 16.5. The zero-order valence-electron chi connectivity index (χ0n) is 31.3. The standard InChI is InChI=1S/C40H53N7O6/c1-40(2,3)35(41)38(51)46-17-15-28(34(46)37(50)45-18-19-53-32(24-45)27-8-6-5-7-9-27)20-26-14-16-44(23-26)22-25-10-11-29-31(21-25)43(4)39(52)47(29)30-12-13-33(48)42-36(30)49/h5-11,21,26,28,30,32,34-35H,12-20,22-24,41H2,1-4H3,(H,42,48,49)/t26-,28+,30?,32+,34?,35-/m1/s1. The SMILES string of the molecule is Cn1c(=O)n(C2CCC(=O)NC2=O)c2ccc(CN3CC[C@H](C[C@@H]4CCN(C(=O)[C@@H](N)C(C)(C)C)C4C(=O)N4CCO[C@H](c5ccccc5)C4)C3)cc21. The summed E-state index contributed by atoms with van der Waals surface area (Å²) in [5.74, 6) is -0.533. The summed E-state index contributed by atoms with van der Waals surface area (Å²) >= 11 is 0. The van der Waals surface area contributed by atoms with E-state index in [2.05, 4.69) is 10.2 Å². The number of carbonyl (C=O) groups is 4. The molecular formula is C40H53N7O6. The highest BCUT2D eigenvalue weighted by Gasteiger charge is 2.47. The van der Waals surface area contributed by atoms with Crippen LogP contribution in [0.2, 0.25) is 0 Å². The zero-order chi connectivity index (χ0) is 37.6. The van der Waals surface area contributed by atoms with Gasteiger partial charge in [-0.25, -0.2) is 4.79 Å². The van der Waals surface area contributed by atoms with Gasteiger partial charge in [0.2, 0.25) is 23.6 Å². The number of benzene rings is 2. The van der Waals surface area contributed by atoms with Crippen LogP contribution in [0.3, 0.4) is 0 Å². The van der Waals surface area contributed by atoms with E-state index < -0.39 is 29.4 Å². The summed E-state index contributed by atoms with van der Waals surface area (Å²) in [4.78, 5) is 72.1. The van der Waals surface area contributed by atoms with Crippen LogP contribution in [0.15, 0.2) is 53.3 Å². The second-order valence-corrected chi connectivity index (χ2v) is 16.6. The van der Waals surface area contributed by atoms with Crippen molar-refractivity contribution in [3.05, 3.63) is 70.1 Å². The second kappa shape index (κ2) is 14.8. The number of fused-ring (bicyclic) bond motifs is 1. The molecule has 13 nitrogen and oxygen atoms in total. The number of amides is 4. The van der Waals surface area contributed by atoms with E-state index in [9.17, 15) is 24.0 Å². The number of nitrogens with one attached hydrogen (secondary N) is 1. The summed E-state index contributed by atoms with van der Waals surface area (Å²) in [5, 5.41) is 2.37. The Hall–Kier alpha value is -4.33. The van der Waals surface area contributed by atoms with Crippen molar-refractivity contribution >= 4 is 34.7 Å². The van der Waals surface area contributed by atoms with Crippen LogP contribution < -0.4 is 16.7 Å². The molecule has 53 heavy (non-hydrogen) atoms. The van der Waals surface area contributed by atoms with Gasteiger partial charge in [0.15, 0.2) is 0 Å². The highest BCUT2D eigenvalue weighted by Crippen LogP contribution is 2.37. The van der Waals surface area contributed by atoms with Gasteiger partial charge in [-0.3, -0.25) is 38.5 Å². The molecule has 0 bridgehead atoms. The average molecular weight is 728 g/mol. The van der Waals surface area contributed by atoms with Crippen LogP contribution in [0.5, 0.6) is 0 Å². The maximum atomic E-state index is 14.5. The molecule has 0 aliphatic carbocycles. The van der Waals surface area contributed by atoms with Crippen LogP contribution in [-0.4, -0.2) is 98.9 Å². The predicted molar refractivity (Wildman–Crippen MR) is 199 cm³/mol. The molecule has 3 aromatic rings. The number of piperidine rings is 1. The highest BCUT2D eigenvalue weighted by molar-refractivity contribution is 6.00. The third kappa shape index (κ3) is 7.43. The fourth-order valence-electron chi connectivity index (χ4n) is 8.81. The summed E-state index contributed by atoms with van der Waals surface area (Å²) in [6.45, 7) is 10.3. The van der Waals surface area contributed by atoms with Crippen molar-refractivity contribution in [1.82, 2.24) is 29.2 Å². The molecule has 5 heterocycles. The number of nitrogens with zero attached hydrogens (tertiary/aromatic N) is 5. The largest absolute Gasteiger partial charge is 0.370 e. The molecule has 4 amide bonds. The fraction of sp³-hybridized carbons (Fsp3) is 0.575. The van der Waals surface area contributed by atoms with Gasteiger partial charge in [0.1, 0.15) is 18.2 Å². The summed E-state index contributed by atoms with van der Waals surface area (Å²) in [7, 11) is 1.71. The van der Waals surface area contributed by atoms with Crippen molar-refractivity contribution in [2.24, 2.45) is 30.0 Å². The normalized spacial score (nSPS) is 26.3. The number of aromatic nitrogens is 2. The first kappa shape index (κ1) is 37.0. The van der Waals surface area contributed by atoms with E-state index in [0.717, 1.165) is 49.0 Å². The quantitative estimate of drug-likeness (QED) is 0.337. The van der Waals surface area contributed by atoms with Crippen molar-refractivity contribution in [2.75, 3.05) is 39.3 Å². The lowest BCUT2D eigenvalue weighted by Gasteiger charge is -2.39. The number of imidazole rings is 1. The average Bonchev–Trinajstić information content (AvgIpc) is 3.84. The minimum Gasteiger partial charge on any atom is -0.370 e. The Labute approximate surface area is 310 Å². The number of rotatable bonds is 8. The first-order valence-corrected chi connectivity index (χ1v) is 19.1. The Bertz CT molecular complexity index is 1930. The van der Waals surface area contributed by atoms with Gasteiger partial charge in [0.25, 0.3) is 0 Å². The summed E-state index contributed by atoms with van der Waals surface area (Å²) in [6.07, 6.45) is 2.88. The zero-order valence-corrected chi connectivity index (χ0v) is 31.3. The lowest BCUT2D eigenvalue weighted by molar-refractivity contribution is -0.151. The summed E-state index contributed by atoms with van der Waals surface area (Å²) in [6, 6.07) is 13.9. The number of hydrogen-bond donors (Lipinski definition) is 2. The number of likely N-dealkylation sites (tertiary alicyclic amines) is 2. The van der Waals surface area contributed by atoms with Crippen molar-refractivity contribution in [3.8, 4) is 0 Å². The minimum atomic E-state index is -0.718. The number of hydrogen-bond acceptors (Lipinski definition) is 8. The van der Waals surface area contributed by atoms with Crippen LogP contribution in [0.25, 0.3) is 11.0 Å². The lowest BCUT2D eigenvalue weighted by atomic mass is 9.85. The number of aryl methyl sites for hydroxylation is 1. The molecule has 4 aliphatic rings. The fourth-order valence-corrected chi connectivity index (χ4v) is 8.81. The third-order valence-corrected chi connectivity index (χ3v) is 11.9. The van der Waals surface area contributed by atoms with Crippen LogP contribution in [0, 0.1) is 17.3 Å². The van der Waals surface area contributed by atoms with Gasteiger partial charge in [-0.15, -0.1) is 0 Å². The number of carbonyl (C=O) groups excluding carboxylic acids is 4. The molecule has 3 N–H and O–H groups in total. The maximum Gasteiger partial charge on any atom is 0.329 e. The smallest absolute Gasteiger partial charge is 0.329 e. The van der Waals surface area contributed by atoms with Crippen molar-refractivity contribution < 1.29 is 23.9 Å². The van der Waals surface area contributed by atoms with Gasteiger partial charge >= 0.3 is 5.69 Å². The van der Waals surface area contributed by atoms with Crippen LogP contribution in [0.4, 0.5) is 0 Å². The molecular weight excluding hydrogens is 674 g/mol. The van der Waals surface area contributed by atoms with Crippen LogP contribution in [-0.2, 0) is 37.5 Å². The number of ether oxygens (including phenoxy) is 1. The maximum absolute atomic E-state index is 14.5. The third-order valence-electron chi connectivity index (χ3n) is 11.9. The monoisotopic (exact) mass is 727 g/mol. The molecule has 4 aliphatic heterocycles. The van der Waals surface area contributed by atoms with E-state index in [1.807, 2.05) is 74.2 Å². The topological polar surface area (TPSA) is 152 Å². The molecule has 2 unspecified atom stereocenters. The molecule has 1 aromatic heterocycles. The van der Waals surface area contributed by atoms with E-state index in [-0.39, 0.29) is 41.9 Å². The molecule has 0 radical (unpaired) electrons. The number of nitrogens with two attached hydrogens (primary N) is 1. The molecule has 6 atom stereocenters. The number of morpholine rings is 1. The molecule has 4 saturated heterocycles. The Morgan fingerprint density at radius 3 is 2.47 bits per heavy atom. The molecule has 0 spiro atoms. The van der Waals surface area contributed by atoms with Gasteiger partial charge in [0, 0.05) is 39.6 Å². The molecule has 2 aromatic carbocycles. The molecule has 284 valence electrons. The lowest BCUT2D eigenvalue weighted by Crippen LogP contribution is -2.58. The van der Waals surface area contributed by atoms with Gasteiger partial charge in [-0.1, -0.05) is 57.2 Å². The van der Waals surface area contributed by atoms with Crippen molar-refractivity contribution in [1.29, 1.82) is 0 Å². The first-order chi connectivity index (χ1) is 25.3. The van der Waals surface area contributed by atoms with Gasteiger partial charge in [-0.2, -0.15) is 0 Å². The van der Waals surface area contributed by atoms with Gasteiger partial charge < -0.3 is 20.3 Å². The predicted octanol–water partition coefficient (Wildman–Crippen LogP) is 2.72. The van der Waals surface area contributed by atoms with Gasteiger partial charge in [-0.05, 0) is 72.7 Å². The Morgan fingerprint density at radius 1 is 0.962 bits per heavy atom. The summed E-state index contributed by atoms with van der Waals surface area (Å²) in [5.41, 5.74) is 9.33. The Kier molecular flexibility index (Phi) is 10.4. The molecule has 4 fully saturated rings. The van der Waals surface area contributed by atoms with Crippen molar-refractivity contribution in [3.63, 3.8) is 0 Å². The van der Waals surface area contributed by atoms with Gasteiger partial charge in [0.05, 0.1) is 30.2 Å². The van der Waals surface area contributed by atoms with E-state index in [1.54, 1.807) is 16.5 Å². The Morgan fingerprint density at radius 2 is 1.74 bits per heavy atom.